The number of hydrogen-bond acceptors (Lipinski definition) is 2. The molecule has 130 valence electrons. The van der Waals surface area contributed by atoms with E-state index in [-0.39, 0.29) is 29.7 Å². The molecule has 1 N–H and O–H groups in total. The van der Waals surface area contributed by atoms with E-state index in [0.717, 1.165) is 38.8 Å². The number of likely N-dealkylation sites (tertiary alicyclic amines) is 1. The smallest absolute Gasteiger partial charge is 0.226 e. The van der Waals surface area contributed by atoms with Crippen molar-refractivity contribution in [3.63, 3.8) is 0 Å². The maximum absolute atomic E-state index is 12.6. The van der Waals surface area contributed by atoms with Gasteiger partial charge in [-0.05, 0) is 51.0 Å². The van der Waals surface area contributed by atoms with Crippen LogP contribution in [0.5, 0.6) is 0 Å². The molecule has 4 heteroatoms. The van der Waals surface area contributed by atoms with Crippen molar-refractivity contribution in [2.75, 3.05) is 13.1 Å². The summed E-state index contributed by atoms with van der Waals surface area (Å²) in [4.78, 5) is 26.5. The van der Waals surface area contributed by atoms with E-state index >= 15 is 0 Å². The fourth-order valence-corrected chi connectivity index (χ4v) is 3.69. The molecule has 0 spiro atoms. The van der Waals surface area contributed by atoms with Gasteiger partial charge in [0.2, 0.25) is 11.8 Å². The molecule has 1 aromatic carbocycles. The number of carbonyl (C=O) groups is 2. The number of nitrogens with one attached hydrogen (secondary N) is 1. The zero-order valence-electron chi connectivity index (χ0n) is 14.7. The summed E-state index contributed by atoms with van der Waals surface area (Å²) in [6.07, 6.45) is 3.96. The van der Waals surface area contributed by atoms with Crippen LogP contribution in [0.1, 0.15) is 38.7 Å². The monoisotopic (exact) mass is 328 g/mol. The average molecular weight is 328 g/mol. The summed E-state index contributed by atoms with van der Waals surface area (Å²) >= 11 is 0. The lowest BCUT2D eigenvalue weighted by Gasteiger charge is -2.32. The fraction of sp³-hybridized carbons (Fsp3) is 0.600. The van der Waals surface area contributed by atoms with Gasteiger partial charge in [0.1, 0.15) is 0 Å². The molecule has 2 atom stereocenters. The van der Waals surface area contributed by atoms with Crippen molar-refractivity contribution in [1.29, 1.82) is 0 Å². The van der Waals surface area contributed by atoms with Gasteiger partial charge in [-0.3, -0.25) is 9.59 Å². The minimum absolute atomic E-state index is 0.0438. The van der Waals surface area contributed by atoms with Crippen LogP contribution in [-0.4, -0.2) is 35.8 Å². The first kappa shape index (κ1) is 17.0. The van der Waals surface area contributed by atoms with Crippen LogP contribution in [0.15, 0.2) is 30.3 Å². The number of carbonyl (C=O) groups excluding carboxylic acids is 2. The van der Waals surface area contributed by atoms with Gasteiger partial charge in [-0.25, -0.2) is 0 Å². The van der Waals surface area contributed by atoms with Crippen LogP contribution < -0.4 is 5.32 Å². The third kappa shape index (κ3) is 4.16. The second-order valence-corrected chi connectivity index (χ2v) is 7.57. The third-order valence-corrected chi connectivity index (χ3v) is 5.17. The molecule has 4 nitrogen and oxygen atoms in total. The maximum atomic E-state index is 12.6. The average Bonchev–Trinajstić information content (AvgIpc) is 3.36. The van der Waals surface area contributed by atoms with Gasteiger partial charge in [0.25, 0.3) is 0 Å². The molecule has 2 fully saturated rings. The van der Waals surface area contributed by atoms with Crippen molar-refractivity contribution in [3.8, 4) is 0 Å². The molecule has 2 amide bonds. The van der Waals surface area contributed by atoms with E-state index in [0.29, 0.717) is 5.92 Å². The van der Waals surface area contributed by atoms with Crippen molar-refractivity contribution in [2.45, 2.75) is 45.6 Å². The number of nitrogens with zero attached hydrogens (tertiary/aromatic N) is 1. The highest BCUT2D eigenvalue weighted by atomic mass is 16.2. The van der Waals surface area contributed by atoms with Crippen LogP contribution in [0.4, 0.5) is 0 Å². The van der Waals surface area contributed by atoms with Gasteiger partial charge in [-0.15, -0.1) is 0 Å². The molecule has 1 saturated carbocycles. The minimum Gasteiger partial charge on any atom is -0.354 e. The van der Waals surface area contributed by atoms with Gasteiger partial charge in [-0.1, -0.05) is 30.3 Å². The van der Waals surface area contributed by atoms with Crippen molar-refractivity contribution in [1.82, 2.24) is 10.2 Å². The molecule has 2 aliphatic rings. The van der Waals surface area contributed by atoms with E-state index < -0.39 is 0 Å². The summed E-state index contributed by atoms with van der Waals surface area (Å²) in [6.45, 7) is 5.58. The SMILES string of the molecule is CC(C)NC(=O)C1CC1C(=O)N1CCC(Cc2ccccc2)CC1. The van der Waals surface area contributed by atoms with Crippen LogP contribution in [-0.2, 0) is 16.0 Å². The highest BCUT2D eigenvalue weighted by molar-refractivity contribution is 5.92. The molecule has 1 aliphatic heterocycles. The van der Waals surface area contributed by atoms with Crippen LogP contribution in [0, 0.1) is 17.8 Å². The Kier molecular flexibility index (Phi) is 5.22. The Labute approximate surface area is 144 Å². The van der Waals surface area contributed by atoms with E-state index in [1.54, 1.807) is 0 Å². The van der Waals surface area contributed by atoms with E-state index in [2.05, 4.69) is 29.6 Å². The first-order chi connectivity index (χ1) is 11.5. The predicted molar refractivity (Wildman–Crippen MR) is 94.3 cm³/mol. The van der Waals surface area contributed by atoms with Gasteiger partial charge in [-0.2, -0.15) is 0 Å². The molecule has 1 saturated heterocycles. The zero-order chi connectivity index (χ0) is 17.1. The second kappa shape index (κ2) is 7.37. The molecular weight excluding hydrogens is 300 g/mol. The number of piperidine rings is 1. The molecular formula is C20H28N2O2. The summed E-state index contributed by atoms with van der Waals surface area (Å²) < 4.78 is 0. The summed E-state index contributed by atoms with van der Waals surface area (Å²) in [5, 5.41) is 2.92. The van der Waals surface area contributed by atoms with Crippen molar-refractivity contribution in [3.05, 3.63) is 35.9 Å². The largest absolute Gasteiger partial charge is 0.354 e. The topological polar surface area (TPSA) is 49.4 Å². The molecule has 2 unspecified atom stereocenters. The predicted octanol–water partition coefficient (Wildman–Crippen LogP) is 2.63. The summed E-state index contributed by atoms with van der Waals surface area (Å²) in [5.74, 6) is 0.728. The molecule has 24 heavy (non-hydrogen) atoms. The van der Waals surface area contributed by atoms with E-state index in [1.807, 2.05) is 24.8 Å². The highest BCUT2D eigenvalue weighted by Crippen LogP contribution is 2.41. The van der Waals surface area contributed by atoms with Crippen LogP contribution in [0.2, 0.25) is 0 Å². The number of rotatable bonds is 5. The van der Waals surface area contributed by atoms with E-state index in [1.165, 1.54) is 5.56 Å². The van der Waals surface area contributed by atoms with E-state index in [4.69, 9.17) is 0 Å². The Hall–Kier alpha value is -1.84. The minimum atomic E-state index is -0.0954. The Bertz CT molecular complexity index is 577. The lowest BCUT2D eigenvalue weighted by atomic mass is 9.90. The molecule has 0 bridgehead atoms. The molecule has 0 aromatic heterocycles. The van der Waals surface area contributed by atoms with Crippen LogP contribution >= 0.6 is 0 Å². The van der Waals surface area contributed by atoms with E-state index in [9.17, 15) is 9.59 Å². The van der Waals surface area contributed by atoms with Gasteiger partial charge in [0.15, 0.2) is 0 Å². The standard InChI is InChI=1S/C20H28N2O2/c1-14(2)21-19(23)17-13-18(17)20(24)22-10-8-16(9-11-22)12-15-6-4-3-5-7-15/h3-7,14,16-18H,8-13H2,1-2H3,(H,21,23). The highest BCUT2D eigenvalue weighted by Gasteiger charge is 2.49. The Morgan fingerprint density at radius 2 is 1.79 bits per heavy atom. The lowest BCUT2D eigenvalue weighted by Crippen LogP contribution is -2.41. The third-order valence-electron chi connectivity index (χ3n) is 5.17. The molecule has 1 aliphatic carbocycles. The van der Waals surface area contributed by atoms with Gasteiger partial charge < -0.3 is 10.2 Å². The normalized spacial score (nSPS) is 24.0. The molecule has 1 heterocycles. The number of benzene rings is 1. The summed E-state index contributed by atoms with van der Waals surface area (Å²) in [7, 11) is 0. The molecule has 3 rings (SSSR count). The summed E-state index contributed by atoms with van der Waals surface area (Å²) in [6, 6.07) is 10.7. The van der Waals surface area contributed by atoms with Crippen LogP contribution in [0.3, 0.4) is 0 Å². The maximum Gasteiger partial charge on any atom is 0.226 e. The second-order valence-electron chi connectivity index (χ2n) is 7.57. The molecule has 1 aromatic rings. The Balaban J connectivity index is 1.44. The van der Waals surface area contributed by atoms with Crippen LogP contribution in [0.25, 0.3) is 0 Å². The summed E-state index contributed by atoms with van der Waals surface area (Å²) in [5.41, 5.74) is 1.38. The fourth-order valence-electron chi connectivity index (χ4n) is 3.69. The first-order valence-corrected chi connectivity index (χ1v) is 9.17. The Morgan fingerprint density at radius 3 is 2.42 bits per heavy atom. The number of hydrogen-bond donors (Lipinski definition) is 1. The van der Waals surface area contributed by atoms with Gasteiger partial charge in [0, 0.05) is 19.1 Å². The zero-order valence-corrected chi connectivity index (χ0v) is 14.7. The van der Waals surface area contributed by atoms with Gasteiger partial charge >= 0.3 is 0 Å². The van der Waals surface area contributed by atoms with Crippen molar-refractivity contribution >= 4 is 11.8 Å². The lowest BCUT2D eigenvalue weighted by molar-refractivity contribution is -0.136. The van der Waals surface area contributed by atoms with Crippen molar-refractivity contribution < 1.29 is 9.59 Å². The number of amides is 2. The Morgan fingerprint density at radius 1 is 1.12 bits per heavy atom. The van der Waals surface area contributed by atoms with Crippen molar-refractivity contribution in [2.24, 2.45) is 17.8 Å². The quantitative estimate of drug-likeness (QED) is 0.903. The van der Waals surface area contributed by atoms with Gasteiger partial charge in [0.05, 0.1) is 11.8 Å². The first-order valence-electron chi connectivity index (χ1n) is 9.17. The molecule has 0 radical (unpaired) electrons.